The molecule has 5 nitrogen and oxygen atoms in total. The number of nitrogens with one attached hydrogen (secondary N) is 1. The van der Waals surface area contributed by atoms with E-state index < -0.39 is 21.7 Å². The molecule has 1 fully saturated rings. The second kappa shape index (κ2) is 4.51. The van der Waals surface area contributed by atoms with Crippen LogP contribution in [-0.4, -0.2) is 20.4 Å². The number of nitrogens with two attached hydrogens (primary N) is 1. The number of benzene rings is 1. The van der Waals surface area contributed by atoms with E-state index in [1.807, 2.05) is 27.7 Å². The number of rotatable bonds is 3. The first-order chi connectivity index (χ1) is 9.39. The Morgan fingerprint density at radius 1 is 1.24 bits per heavy atom. The second-order valence-corrected chi connectivity index (χ2v) is 8.10. The maximum atomic E-state index is 13.9. The van der Waals surface area contributed by atoms with E-state index in [1.165, 1.54) is 0 Å². The van der Waals surface area contributed by atoms with Crippen molar-refractivity contribution in [2.75, 3.05) is 0 Å². The molecule has 0 spiro atoms. The average molecular weight is 314 g/mol. The lowest BCUT2D eigenvalue weighted by molar-refractivity contribution is 0.0939. The van der Waals surface area contributed by atoms with Gasteiger partial charge in [0.25, 0.3) is 5.91 Å². The van der Waals surface area contributed by atoms with Gasteiger partial charge >= 0.3 is 0 Å². The van der Waals surface area contributed by atoms with Crippen LogP contribution >= 0.6 is 0 Å². The third kappa shape index (κ3) is 2.55. The Morgan fingerprint density at radius 2 is 1.76 bits per heavy atom. The van der Waals surface area contributed by atoms with Gasteiger partial charge in [0.1, 0.15) is 5.82 Å². The van der Waals surface area contributed by atoms with Crippen molar-refractivity contribution in [1.82, 2.24) is 5.32 Å². The van der Waals surface area contributed by atoms with Gasteiger partial charge in [-0.05, 0) is 29.0 Å². The number of hydrogen-bond donors (Lipinski definition) is 2. The first-order valence-electron chi connectivity index (χ1n) is 6.52. The Balaban J connectivity index is 2.22. The van der Waals surface area contributed by atoms with Crippen molar-refractivity contribution >= 4 is 15.9 Å². The first kappa shape index (κ1) is 15.9. The van der Waals surface area contributed by atoms with E-state index in [-0.39, 0.29) is 27.3 Å². The van der Waals surface area contributed by atoms with Gasteiger partial charge in [0, 0.05) is 6.04 Å². The van der Waals surface area contributed by atoms with Crippen molar-refractivity contribution in [2.24, 2.45) is 16.0 Å². The molecule has 1 aliphatic rings. The molecule has 21 heavy (non-hydrogen) atoms. The molecule has 2 rings (SSSR count). The van der Waals surface area contributed by atoms with E-state index in [2.05, 4.69) is 5.32 Å². The number of sulfonamides is 1. The lowest BCUT2D eigenvalue weighted by Crippen LogP contribution is -2.30. The minimum absolute atomic E-state index is 0.0604. The molecule has 0 saturated heterocycles. The molecule has 1 saturated carbocycles. The van der Waals surface area contributed by atoms with Crippen LogP contribution in [0.1, 0.15) is 38.1 Å². The van der Waals surface area contributed by atoms with Crippen LogP contribution in [0.3, 0.4) is 0 Å². The number of amides is 1. The fraction of sp³-hybridized carbons (Fsp3) is 0.500. The summed E-state index contributed by atoms with van der Waals surface area (Å²) in [6.45, 7) is 8.10. The van der Waals surface area contributed by atoms with E-state index in [4.69, 9.17) is 5.14 Å². The Bertz CT molecular complexity index is 697. The molecule has 0 aromatic heterocycles. The molecule has 1 aromatic rings. The van der Waals surface area contributed by atoms with Gasteiger partial charge in [0.05, 0.1) is 10.5 Å². The average Bonchev–Trinajstić information content (AvgIpc) is 2.70. The van der Waals surface area contributed by atoms with Gasteiger partial charge in [-0.25, -0.2) is 17.9 Å². The zero-order chi connectivity index (χ0) is 16.2. The van der Waals surface area contributed by atoms with Crippen LogP contribution in [0.15, 0.2) is 23.1 Å². The van der Waals surface area contributed by atoms with E-state index in [1.54, 1.807) is 0 Å². The van der Waals surface area contributed by atoms with Crippen LogP contribution in [0.4, 0.5) is 4.39 Å². The number of carbonyl (C=O) groups excluding carboxylic acids is 1. The highest BCUT2D eigenvalue weighted by molar-refractivity contribution is 7.89. The second-order valence-electron chi connectivity index (χ2n) is 6.54. The van der Waals surface area contributed by atoms with Crippen molar-refractivity contribution in [1.29, 1.82) is 0 Å². The van der Waals surface area contributed by atoms with E-state index in [0.717, 1.165) is 18.2 Å². The lowest BCUT2D eigenvalue weighted by atomic mass is 10.0. The molecule has 116 valence electrons. The smallest absolute Gasteiger partial charge is 0.254 e. The largest absolute Gasteiger partial charge is 0.348 e. The summed E-state index contributed by atoms with van der Waals surface area (Å²) >= 11 is 0. The zero-order valence-corrected chi connectivity index (χ0v) is 13.2. The number of halogens is 1. The van der Waals surface area contributed by atoms with Crippen molar-refractivity contribution < 1.29 is 17.6 Å². The third-order valence-corrected chi connectivity index (χ3v) is 5.72. The number of hydrogen-bond acceptors (Lipinski definition) is 3. The fourth-order valence-corrected chi connectivity index (χ4v) is 3.15. The Labute approximate surface area is 123 Å². The monoisotopic (exact) mass is 314 g/mol. The summed E-state index contributed by atoms with van der Waals surface area (Å²) in [6.07, 6.45) is 0. The molecule has 0 radical (unpaired) electrons. The van der Waals surface area contributed by atoms with E-state index in [9.17, 15) is 17.6 Å². The molecule has 0 unspecified atom stereocenters. The molecule has 3 N–H and O–H groups in total. The van der Waals surface area contributed by atoms with E-state index in [0.29, 0.717) is 0 Å². The molecule has 0 heterocycles. The minimum Gasteiger partial charge on any atom is -0.348 e. The highest BCUT2D eigenvalue weighted by Crippen LogP contribution is 2.62. The predicted molar refractivity (Wildman–Crippen MR) is 76.6 cm³/mol. The Kier molecular flexibility index (Phi) is 3.42. The zero-order valence-electron chi connectivity index (χ0n) is 12.4. The minimum atomic E-state index is -3.99. The van der Waals surface area contributed by atoms with Crippen LogP contribution < -0.4 is 10.5 Å². The fourth-order valence-electron chi connectivity index (χ4n) is 2.62. The standard InChI is InChI=1S/C14H19FN2O3S/c1-13(2)12(14(13,3)4)17-11(18)9-6-5-8(7-10(9)15)21(16,19)20/h5-7,12H,1-4H3,(H,17,18)(H2,16,19,20). The van der Waals surface area contributed by atoms with Gasteiger partial charge < -0.3 is 5.32 Å². The summed E-state index contributed by atoms with van der Waals surface area (Å²) in [6, 6.07) is 2.95. The quantitative estimate of drug-likeness (QED) is 0.888. The Hall–Kier alpha value is -1.47. The van der Waals surface area contributed by atoms with Gasteiger partial charge in [-0.3, -0.25) is 4.79 Å². The topological polar surface area (TPSA) is 89.3 Å². The predicted octanol–water partition coefficient (Wildman–Crippen LogP) is 1.64. The van der Waals surface area contributed by atoms with Crippen molar-refractivity contribution in [3.63, 3.8) is 0 Å². The summed E-state index contributed by atoms with van der Waals surface area (Å²) < 4.78 is 36.2. The summed E-state index contributed by atoms with van der Waals surface area (Å²) in [5.74, 6) is -1.47. The van der Waals surface area contributed by atoms with Gasteiger partial charge in [0.2, 0.25) is 10.0 Å². The summed E-state index contributed by atoms with van der Waals surface area (Å²) in [5, 5.41) is 7.71. The van der Waals surface area contributed by atoms with Crippen molar-refractivity contribution in [3.8, 4) is 0 Å². The first-order valence-corrected chi connectivity index (χ1v) is 8.07. The molecule has 1 aliphatic carbocycles. The number of carbonyl (C=O) groups is 1. The highest BCUT2D eigenvalue weighted by atomic mass is 32.2. The van der Waals surface area contributed by atoms with Crippen LogP contribution in [0, 0.1) is 16.6 Å². The van der Waals surface area contributed by atoms with Crippen LogP contribution in [-0.2, 0) is 10.0 Å². The molecule has 0 atom stereocenters. The lowest BCUT2D eigenvalue weighted by Gasteiger charge is -2.08. The molecular formula is C14H19FN2O3S. The van der Waals surface area contributed by atoms with E-state index >= 15 is 0 Å². The van der Waals surface area contributed by atoms with Crippen LogP contribution in [0.5, 0.6) is 0 Å². The van der Waals surface area contributed by atoms with Crippen molar-refractivity contribution in [3.05, 3.63) is 29.6 Å². The molecule has 7 heteroatoms. The SMILES string of the molecule is CC1(C)C(NC(=O)c2ccc(S(N)(=O)=O)cc2F)C1(C)C. The molecule has 0 aliphatic heterocycles. The summed E-state index contributed by atoms with van der Waals surface area (Å²) in [5.41, 5.74) is -0.333. The maximum Gasteiger partial charge on any atom is 0.254 e. The van der Waals surface area contributed by atoms with Gasteiger partial charge in [0.15, 0.2) is 0 Å². The van der Waals surface area contributed by atoms with Crippen LogP contribution in [0.25, 0.3) is 0 Å². The molecule has 0 bridgehead atoms. The van der Waals surface area contributed by atoms with Gasteiger partial charge in [-0.2, -0.15) is 0 Å². The van der Waals surface area contributed by atoms with Crippen molar-refractivity contribution in [2.45, 2.75) is 38.6 Å². The molecular weight excluding hydrogens is 295 g/mol. The molecule has 1 amide bonds. The van der Waals surface area contributed by atoms with Crippen LogP contribution in [0.2, 0.25) is 0 Å². The molecule has 1 aromatic carbocycles. The summed E-state index contributed by atoms with van der Waals surface area (Å²) in [7, 11) is -3.99. The summed E-state index contributed by atoms with van der Waals surface area (Å²) in [4.78, 5) is 11.8. The third-order valence-electron chi connectivity index (χ3n) is 4.81. The highest BCUT2D eigenvalue weighted by Gasteiger charge is 2.65. The van der Waals surface area contributed by atoms with Gasteiger partial charge in [-0.1, -0.05) is 27.7 Å². The Morgan fingerprint density at radius 3 is 2.14 bits per heavy atom. The maximum absolute atomic E-state index is 13.9. The number of primary sulfonamides is 1. The normalized spacial score (nSPS) is 20.1. The van der Waals surface area contributed by atoms with Gasteiger partial charge in [-0.15, -0.1) is 0 Å².